The van der Waals surface area contributed by atoms with E-state index in [9.17, 15) is 13.8 Å². The second kappa shape index (κ2) is 7.55. The number of amides is 2. The maximum atomic E-state index is 13.2. The topological polar surface area (TPSA) is 110 Å². The van der Waals surface area contributed by atoms with Crippen molar-refractivity contribution in [3.63, 3.8) is 0 Å². The zero-order valence-electron chi connectivity index (χ0n) is 15.5. The molecule has 2 aromatic rings. The molecule has 0 aliphatic carbocycles. The van der Waals surface area contributed by atoms with Crippen LogP contribution < -0.4 is 0 Å². The molecule has 0 radical (unpaired) electrons. The number of carbonyl (C=O) groups excluding carboxylic acids is 2. The second-order valence-electron chi connectivity index (χ2n) is 6.43. The number of aromatic nitrogens is 4. The fourth-order valence-electron chi connectivity index (χ4n) is 2.93. The van der Waals surface area contributed by atoms with Crippen molar-refractivity contribution >= 4 is 21.5 Å². The van der Waals surface area contributed by atoms with Gasteiger partial charge in [0.05, 0.1) is 51.2 Å². The van der Waals surface area contributed by atoms with Gasteiger partial charge in [-0.1, -0.05) is 6.92 Å². The Labute approximate surface area is 158 Å². The molecule has 0 bridgehead atoms. The van der Waals surface area contributed by atoms with Gasteiger partial charge in [0.15, 0.2) is 0 Å². The molecule has 0 aromatic carbocycles. The fourth-order valence-corrected chi connectivity index (χ4v) is 4.38. The predicted octanol–water partition coefficient (Wildman–Crippen LogP) is 1.21. The molecule has 1 aliphatic heterocycles. The van der Waals surface area contributed by atoms with Crippen molar-refractivity contribution in [3.8, 4) is 0 Å². The normalized spacial score (nSPS) is 16.9. The molecule has 2 aromatic heterocycles. The standard InChI is InChI=1S/C17H22N6O3S/c1-4-16(24)22-7-8-23-14(11-22)15(10-20-23)27(3,26)21-17(25)12(2)13-9-18-5-6-19-13/h5-6,9-10,12H,4,7-8,11H2,1-3H3. The van der Waals surface area contributed by atoms with E-state index in [0.29, 0.717) is 42.3 Å². The first kappa shape index (κ1) is 19.2. The molecule has 10 heteroatoms. The minimum atomic E-state index is -3.01. The minimum Gasteiger partial charge on any atom is -0.335 e. The van der Waals surface area contributed by atoms with Gasteiger partial charge in [-0.2, -0.15) is 9.46 Å². The van der Waals surface area contributed by atoms with E-state index in [4.69, 9.17) is 0 Å². The Kier molecular flexibility index (Phi) is 5.36. The summed E-state index contributed by atoms with van der Waals surface area (Å²) in [4.78, 5) is 34.7. The van der Waals surface area contributed by atoms with Crippen molar-refractivity contribution in [2.45, 2.75) is 44.2 Å². The van der Waals surface area contributed by atoms with E-state index >= 15 is 0 Å². The molecule has 3 heterocycles. The third-order valence-electron chi connectivity index (χ3n) is 4.56. The summed E-state index contributed by atoms with van der Waals surface area (Å²) >= 11 is 0. The SMILES string of the molecule is CCC(=O)N1CCn2ncc(S(C)(=O)=NC(=O)C(C)c3cnccn3)c2C1. The van der Waals surface area contributed by atoms with E-state index in [2.05, 4.69) is 19.4 Å². The molecule has 0 N–H and O–H groups in total. The summed E-state index contributed by atoms with van der Waals surface area (Å²) in [6.07, 6.45) is 7.82. The summed E-state index contributed by atoms with van der Waals surface area (Å²) in [5, 5.41) is 4.26. The van der Waals surface area contributed by atoms with Crippen LogP contribution in [0.15, 0.2) is 34.0 Å². The molecule has 3 rings (SSSR count). The summed E-state index contributed by atoms with van der Waals surface area (Å²) in [6.45, 7) is 4.86. The van der Waals surface area contributed by atoms with E-state index < -0.39 is 21.6 Å². The number of hydrogen-bond donors (Lipinski definition) is 0. The molecule has 0 saturated heterocycles. The van der Waals surface area contributed by atoms with Crippen LogP contribution in [0.1, 0.15) is 37.6 Å². The van der Waals surface area contributed by atoms with Gasteiger partial charge in [-0.3, -0.25) is 24.2 Å². The van der Waals surface area contributed by atoms with Crippen LogP contribution in [0.2, 0.25) is 0 Å². The zero-order chi connectivity index (χ0) is 19.6. The third kappa shape index (κ3) is 3.90. The predicted molar refractivity (Wildman–Crippen MR) is 98.1 cm³/mol. The molecule has 2 atom stereocenters. The van der Waals surface area contributed by atoms with E-state index in [-0.39, 0.29) is 5.91 Å². The maximum absolute atomic E-state index is 13.2. The van der Waals surface area contributed by atoms with Crippen LogP contribution >= 0.6 is 0 Å². The first-order valence-electron chi connectivity index (χ1n) is 8.68. The van der Waals surface area contributed by atoms with E-state index in [1.54, 1.807) is 23.4 Å². The average Bonchev–Trinajstić information content (AvgIpc) is 3.11. The number of rotatable bonds is 4. The Morgan fingerprint density at radius 2 is 2.07 bits per heavy atom. The summed E-state index contributed by atoms with van der Waals surface area (Å²) in [7, 11) is -3.01. The van der Waals surface area contributed by atoms with Crippen molar-refractivity contribution in [1.29, 1.82) is 0 Å². The lowest BCUT2D eigenvalue weighted by molar-refractivity contribution is -0.132. The molecule has 0 saturated carbocycles. The first-order valence-corrected chi connectivity index (χ1v) is 10.6. The molecule has 9 nitrogen and oxygen atoms in total. The number of nitrogens with zero attached hydrogens (tertiary/aromatic N) is 6. The summed E-state index contributed by atoms with van der Waals surface area (Å²) in [5.74, 6) is -1.15. The van der Waals surface area contributed by atoms with Crippen molar-refractivity contribution in [2.75, 3.05) is 12.8 Å². The van der Waals surface area contributed by atoms with Crippen LogP contribution in [0.5, 0.6) is 0 Å². The van der Waals surface area contributed by atoms with Gasteiger partial charge in [-0.25, -0.2) is 4.21 Å². The Bertz CT molecular complexity index is 978. The van der Waals surface area contributed by atoms with Crippen LogP contribution in [0, 0.1) is 0 Å². The molecule has 144 valence electrons. The number of hydrogen-bond acceptors (Lipinski definition) is 6. The lowest BCUT2D eigenvalue weighted by atomic mass is 10.1. The van der Waals surface area contributed by atoms with Gasteiger partial charge in [-0.15, -0.1) is 0 Å². The molecule has 27 heavy (non-hydrogen) atoms. The van der Waals surface area contributed by atoms with Crippen molar-refractivity contribution < 1.29 is 13.8 Å². The van der Waals surface area contributed by atoms with Crippen molar-refractivity contribution in [1.82, 2.24) is 24.6 Å². The lowest BCUT2D eigenvalue weighted by Gasteiger charge is -2.28. The highest BCUT2D eigenvalue weighted by Crippen LogP contribution is 2.24. The van der Waals surface area contributed by atoms with Crippen LogP contribution in [0.4, 0.5) is 0 Å². The van der Waals surface area contributed by atoms with E-state index in [1.807, 2.05) is 0 Å². The smallest absolute Gasteiger partial charge is 0.262 e. The van der Waals surface area contributed by atoms with Gasteiger partial charge in [-0.05, 0) is 6.92 Å². The number of fused-ring (bicyclic) bond motifs is 1. The van der Waals surface area contributed by atoms with Gasteiger partial charge < -0.3 is 4.90 Å². The average molecular weight is 390 g/mol. The first-order chi connectivity index (χ1) is 12.8. The monoisotopic (exact) mass is 390 g/mol. The summed E-state index contributed by atoms with van der Waals surface area (Å²) in [5.41, 5.74) is 1.14. The van der Waals surface area contributed by atoms with Gasteiger partial charge in [0.2, 0.25) is 5.91 Å². The summed E-state index contributed by atoms with van der Waals surface area (Å²) < 4.78 is 18.9. The maximum Gasteiger partial charge on any atom is 0.262 e. The highest BCUT2D eigenvalue weighted by molar-refractivity contribution is 7.93. The van der Waals surface area contributed by atoms with Crippen LogP contribution in [-0.4, -0.2) is 53.5 Å². The van der Waals surface area contributed by atoms with Crippen LogP contribution in [-0.2, 0) is 32.4 Å². The highest BCUT2D eigenvalue weighted by Gasteiger charge is 2.27. The molecular weight excluding hydrogens is 368 g/mol. The van der Waals surface area contributed by atoms with Gasteiger partial charge in [0.25, 0.3) is 5.91 Å². The van der Waals surface area contributed by atoms with Crippen LogP contribution in [0.3, 0.4) is 0 Å². The van der Waals surface area contributed by atoms with Gasteiger partial charge in [0.1, 0.15) is 0 Å². The molecule has 0 fully saturated rings. The largest absolute Gasteiger partial charge is 0.335 e. The van der Waals surface area contributed by atoms with Gasteiger partial charge in [0, 0.05) is 37.8 Å². The van der Waals surface area contributed by atoms with E-state index in [0.717, 1.165) is 0 Å². The third-order valence-corrected chi connectivity index (χ3v) is 6.24. The molecule has 1 aliphatic rings. The Morgan fingerprint density at radius 3 is 2.74 bits per heavy atom. The zero-order valence-corrected chi connectivity index (χ0v) is 16.3. The highest BCUT2D eigenvalue weighted by atomic mass is 32.2. The molecule has 2 amide bonds. The Morgan fingerprint density at radius 1 is 1.30 bits per heavy atom. The Balaban J connectivity index is 1.91. The fraction of sp³-hybridized carbons (Fsp3) is 0.471. The second-order valence-corrected chi connectivity index (χ2v) is 8.66. The molecule has 0 spiro atoms. The minimum absolute atomic E-state index is 0.0280. The lowest BCUT2D eigenvalue weighted by Crippen LogP contribution is -2.38. The molecule has 2 unspecified atom stereocenters. The molecular formula is C17H22N6O3S. The quantitative estimate of drug-likeness (QED) is 0.776. The van der Waals surface area contributed by atoms with Crippen molar-refractivity contribution in [2.24, 2.45) is 4.36 Å². The number of carbonyl (C=O) groups is 2. The Hall–Kier alpha value is -2.62. The summed E-state index contributed by atoms with van der Waals surface area (Å²) in [6, 6.07) is 0. The van der Waals surface area contributed by atoms with Gasteiger partial charge >= 0.3 is 0 Å². The van der Waals surface area contributed by atoms with E-state index in [1.165, 1.54) is 31.0 Å². The van der Waals surface area contributed by atoms with Crippen molar-refractivity contribution in [3.05, 3.63) is 36.2 Å². The van der Waals surface area contributed by atoms with Crippen LogP contribution in [0.25, 0.3) is 0 Å².